The molecule has 0 spiro atoms. The van der Waals surface area contributed by atoms with Crippen LogP contribution < -0.4 is 21.3 Å². The van der Waals surface area contributed by atoms with E-state index in [-0.39, 0.29) is 24.3 Å². The second-order valence-corrected chi connectivity index (χ2v) is 6.37. The summed E-state index contributed by atoms with van der Waals surface area (Å²) in [6.45, 7) is 4.17. The zero-order valence-corrected chi connectivity index (χ0v) is 15.8. The van der Waals surface area contributed by atoms with Gasteiger partial charge in [-0.2, -0.15) is 4.98 Å². The topological polar surface area (TPSA) is 103 Å². The average Bonchev–Trinajstić information content (AvgIpc) is 3.06. The normalized spacial score (nSPS) is 12.1. The molecule has 1 atom stereocenters. The van der Waals surface area contributed by atoms with Crippen molar-refractivity contribution in [3.8, 4) is 5.75 Å². The first-order chi connectivity index (χ1) is 13.4. The Morgan fingerprint density at radius 3 is 2.64 bits per heavy atom. The maximum Gasteiger partial charge on any atom is 0.332 e. The fraction of sp³-hybridized carbons (Fsp3) is 0.316. The van der Waals surface area contributed by atoms with Gasteiger partial charge in [0.25, 0.3) is 5.56 Å². The highest BCUT2D eigenvalue weighted by molar-refractivity contribution is 5.74. The van der Waals surface area contributed by atoms with Crippen molar-refractivity contribution in [2.75, 3.05) is 18.5 Å². The molecule has 0 aliphatic rings. The highest BCUT2D eigenvalue weighted by Gasteiger charge is 2.21. The molecule has 2 heterocycles. The van der Waals surface area contributed by atoms with E-state index in [0.717, 1.165) is 4.57 Å². The van der Waals surface area contributed by atoms with Crippen LogP contribution in [0.5, 0.6) is 5.75 Å². The molecule has 9 heteroatoms. The number of aliphatic hydroxyl groups is 1. The van der Waals surface area contributed by atoms with Crippen molar-refractivity contribution in [3.05, 3.63) is 63.8 Å². The van der Waals surface area contributed by atoms with E-state index in [1.54, 1.807) is 29.8 Å². The van der Waals surface area contributed by atoms with Gasteiger partial charge in [0.05, 0.1) is 6.54 Å². The molecule has 28 heavy (non-hydrogen) atoms. The molecule has 0 unspecified atom stereocenters. The standard InChI is InChI=1S/C19H23N5O4/c1-4-10-20-18-21-16-15(17(26)23(3)19(27)22(16)2)24(18)11-13(25)12-28-14-8-6-5-7-9-14/h4-9,13,25H,1,10-12H2,2-3H3,(H,20,21)/t13-/m0/s1. The summed E-state index contributed by atoms with van der Waals surface area (Å²) in [5.74, 6) is 1.01. The number of benzene rings is 1. The lowest BCUT2D eigenvalue weighted by Gasteiger charge is -2.15. The predicted octanol–water partition coefficient (Wildman–Crippen LogP) is 0.472. The van der Waals surface area contributed by atoms with Crippen LogP contribution in [0, 0.1) is 0 Å². The Balaban J connectivity index is 1.96. The van der Waals surface area contributed by atoms with E-state index in [1.165, 1.54) is 11.6 Å². The molecule has 0 radical (unpaired) electrons. The summed E-state index contributed by atoms with van der Waals surface area (Å²) in [7, 11) is 2.96. The van der Waals surface area contributed by atoms with Crippen LogP contribution in [0.2, 0.25) is 0 Å². The highest BCUT2D eigenvalue weighted by atomic mass is 16.5. The third-order valence-electron chi connectivity index (χ3n) is 4.33. The number of anilines is 1. The van der Waals surface area contributed by atoms with Gasteiger partial charge in [-0.25, -0.2) is 4.79 Å². The van der Waals surface area contributed by atoms with Gasteiger partial charge in [-0.15, -0.1) is 6.58 Å². The van der Waals surface area contributed by atoms with Crippen LogP contribution in [0.1, 0.15) is 0 Å². The largest absolute Gasteiger partial charge is 0.491 e. The zero-order valence-electron chi connectivity index (χ0n) is 15.8. The Hall–Kier alpha value is -3.33. The predicted molar refractivity (Wildman–Crippen MR) is 107 cm³/mol. The fourth-order valence-corrected chi connectivity index (χ4v) is 2.90. The summed E-state index contributed by atoms with van der Waals surface area (Å²) >= 11 is 0. The number of aryl methyl sites for hydroxylation is 1. The lowest BCUT2D eigenvalue weighted by atomic mass is 10.3. The number of rotatable bonds is 8. The zero-order chi connectivity index (χ0) is 20.3. The minimum absolute atomic E-state index is 0.0384. The van der Waals surface area contributed by atoms with Crippen LogP contribution in [0.15, 0.2) is 52.6 Å². The van der Waals surface area contributed by atoms with Gasteiger partial charge in [0.1, 0.15) is 18.5 Å². The van der Waals surface area contributed by atoms with Crippen molar-refractivity contribution in [2.45, 2.75) is 12.6 Å². The Labute approximate surface area is 161 Å². The molecule has 3 rings (SSSR count). The number of nitrogens with zero attached hydrogens (tertiary/aromatic N) is 4. The first kappa shape index (κ1) is 19.4. The molecule has 0 saturated carbocycles. The second kappa shape index (κ2) is 8.13. The van der Waals surface area contributed by atoms with Gasteiger partial charge < -0.3 is 19.7 Å². The van der Waals surface area contributed by atoms with Crippen LogP contribution in [-0.2, 0) is 20.6 Å². The van der Waals surface area contributed by atoms with Crippen molar-refractivity contribution in [1.82, 2.24) is 18.7 Å². The summed E-state index contributed by atoms with van der Waals surface area (Å²) in [5, 5.41) is 13.5. The number of aromatic nitrogens is 4. The van der Waals surface area contributed by atoms with Gasteiger partial charge in [-0.3, -0.25) is 13.9 Å². The maximum absolute atomic E-state index is 12.7. The number of hydrogen-bond acceptors (Lipinski definition) is 6. The summed E-state index contributed by atoms with van der Waals surface area (Å²) in [6.07, 6.45) is 0.749. The van der Waals surface area contributed by atoms with Gasteiger partial charge in [-0.05, 0) is 12.1 Å². The molecule has 148 valence electrons. The summed E-state index contributed by atoms with van der Waals surface area (Å²) in [4.78, 5) is 29.3. The molecule has 1 aromatic carbocycles. The molecule has 2 aromatic heterocycles. The van der Waals surface area contributed by atoms with Crippen LogP contribution in [-0.4, -0.2) is 43.0 Å². The monoisotopic (exact) mass is 385 g/mol. The Kier molecular flexibility index (Phi) is 5.65. The Morgan fingerprint density at radius 1 is 1.25 bits per heavy atom. The molecule has 0 aliphatic heterocycles. The van der Waals surface area contributed by atoms with Crippen LogP contribution in [0.3, 0.4) is 0 Å². The number of fused-ring (bicyclic) bond motifs is 1. The Bertz CT molecular complexity index is 1100. The van der Waals surface area contributed by atoms with E-state index in [4.69, 9.17) is 4.74 Å². The van der Waals surface area contributed by atoms with Gasteiger partial charge in [-0.1, -0.05) is 24.3 Å². The molecule has 9 nitrogen and oxygen atoms in total. The maximum atomic E-state index is 12.7. The van der Waals surface area contributed by atoms with E-state index in [0.29, 0.717) is 18.2 Å². The minimum Gasteiger partial charge on any atom is -0.491 e. The van der Waals surface area contributed by atoms with Crippen molar-refractivity contribution in [2.24, 2.45) is 14.1 Å². The van der Waals surface area contributed by atoms with E-state index in [9.17, 15) is 14.7 Å². The van der Waals surface area contributed by atoms with E-state index < -0.39 is 17.4 Å². The van der Waals surface area contributed by atoms with E-state index in [1.807, 2.05) is 18.2 Å². The van der Waals surface area contributed by atoms with Crippen molar-refractivity contribution >= 4 is 17.1 Å². The van der Waals surface area contributed by atoms with Gasteiger partial charge in [0.2, 0.25) is 5.95 Å². The van der Waals surface area contributed by atoms with Crippen molar-refractivity contribution < 1.29 is 9.84 Å². The van der Waals surface area contributed by atoms with Crippen LogP contribution in [0.4, 0.5) is 5.95 Å². The lowest BCUT2D eigenvalue weighted by Crippen LogP contribution is -2.38. The number of ether oxygens (including phenoxy) is 1. The molecule has 2 N–H and O–H groups in total. The van der Waals surface area contributed by atoms with Gasteiger partial charge >= 0.3 is 5.69 Å². The van der Waals surface area contributed by atoms with Gasteiger partial charge in [0.15, 0.2) is 11.2 Å². The molecule has 3 aromatic rings. The first-order valence-corrected chi connectivity index (χ1v) is 8.81. The molecule has 0 amide bonds. The van der Waals surface area contributed by atoms with Crippen molar-refractivity contribution in [3.63, 3.8) is 0 Å². The number of hydrogen-bond donors (Lipinski definition) is 2. The average molecular weight is 385 g/mol. The Morgan fingerprint density at radius 2 is 1.96 bits per heavy atom. The van der Waals surface area contributed by atoms with Crippen LogP contribution >= 0.6 is 0 Å². The van der Waals surface area contributed by atoms with Gasteiger partial charge in [0, 0.05) is 20.6 Å². The number of para-hydroxylation sites is 1. The smallest absolute Gasteiger partial charge is 0.332 e. The summed E-state index contributed by atoms with van der Waals surface area (Å²) in [5.41, 5.74) is -0.468. The third-order valence-corrected chi connectivity index (χ3v) is 4.33. The fourth-order valence-electron chi connectivity index (χ4n) is 2.90. The van der Waals surface area contributed by atoms with Crippen LogP contribution in [0.25, 0.3) is 11.2 Å². The quantitative estimate of drug-likeness (QED) is 0.547. The van der Waals surface area contributed by atoms with E-state index >= 15 is 0 Å². The second-order valence-electron chi connectivity index (χ2n) is 6.37. The molecule has 0 fully saturated rings. The highest BCUT2D eigenvalue weighted by Crippen LogP contribution is 2.17. The summed E-state index contributed by atoms with van der Waals surface area (Å²) < 4.78 is 9.48. The molecule has 0 saturated heterocycles. The molecular formula is C19H23N5O4. The molecule has 0 aliphatic carbocycles. The number of nitrogens with one attached hydrogen (secondary N) is 1. The third kappa shape index (κ3) is 3.70. The van der Waals surface area contributed by atoms with Crippen molar-refractivity contribution in [1.29, 1.82) is 0 Å². The van der Waals surface area contributed by atoms with E-state index in [2.05, 4.69) is 16.9 Å². The first-order valence-electron chi connectivity index (χ1n) is 8.81. The number of aliphatic hydroxyl groups excluding tert-OH is 1. The molecule has 0 bridgehead atoms. The minimum atomic E-state index is -0.899. The lowest BCUT2D eigenvalue weighted by molar-refractivity contribution is 0.0938. The summed E-state index contributed by atoms with van der Waals surface area (Å²) in [6, 6.07) is 9.14. The number of imidazole rings is 1. The molecular weight excluding hydrogens is 362 g/mol. The SMILES string of the molecule is C=CCNc1nc2c(c(=O)n(C)c(=O)n2C)n1C[C@H](O)COc1ccccc1.